The second-order valence-corrected chi connectivity index (χ2v) is 8.21. The van der Waals surface area contributed by atoms with Crippen molar-refractivity contribution in [3.63, 3.8) is 0 Å². The first-order chi connectivity index (χ1) is 12.5. The second-order valence-electron chi connectivity index (χ2n) is 8.21. The van der Waals surface area contributed by atoms with E-state index in [-0.39, 0.29) is 5.41 Å². The monoisotopic (exact) mass is 339 g/mol. The zero-order valence-corrected chi connectivity index (χ0v) is 15.1. The molecule has 4 aromatic carbocycles. The smallest absolute Gasteiger partial charge is 0.187 e. The molecule has 128 valence electrons. The van der Waals surface area contributed by atoms with Gasteiger partial charge in [-0.3, -0.25) is 0 Å². The molecule has 5 rings (SSSR count). The Balaban J connectivity index is 1.69. The molecular weight excluding hydrogens is 318 g/mol. The molecule has 0 aromatic heterocycles. The summed E-state index contributed by atoms with van der Waals surface area (Å²) in [7, 11) is 0. The molecule has 0 fully saturated rings. The van der Waals surface area contributed by atoms with E-state index in [0.717, 1.165) is 16.9 Å². The van der Waals surface area contributed by atoms with Crippen LogP contribution in [0.15, 0.2) is 60.7 Å². The van der Waals surface area contributed by atoms with E-state index in [9.17, 15) is 5.21 Å². The van der Waals surface area contributed by atoms with Gasteiger partial charge >= 0.3 is 0 Å². The second kappa shape index (κ2) is 5.31. The molecule has 1 aliphatic rings. The molecule has 1 aliphatic heterocycles. The van der Waals surface area contributed by atoms with Crippen molar-refractivity contribution in [2.24, 2.45) is 5.41 Å². The Morgan fingerprint density at radius 3 is 2.19 bits per heavy atom. The third kappa shape index (κ3) is 2.29. The average molecular weight is 339 g/mol. The zero-order chi connectivity index (χ0) is 17.9. The number of benzene rings is 4. The molecule has 2 nitrogen and oxygen atoms in total. The lowest BCUT2D eigenvalue weighted by Crippen LogP contribution is -2.14. The van der Waals surface area contributed by atoms with Crippen molar-refractivity contribution in [1.29, 1.82) is 0 Å². The van der Waals surface area contributed by atoms with Gasteiger partial charge in [-0.2, -0.15) is 0 Å². The largest absolute Gasteiger partial charge is 0.624 e. The molecule has 0 spiro atoms. The van der Waals surface area contributed by atoms with Gasteiger partial charge in [-0.1, -0.05) is 68.4 Å². The Labute approximate surface area is 153 Å². The Bertz CT molecular complexity index is 1200. The lowest BCUT2D eigenvalue weighted by Gasteiger charge is -2.12. The Morgan fingerprint density at radius 1 is 0.846 bits per heavy atom. The van der Waals surface area contributed by atoms with Gasteiger partial charge in [0.2, 0.25) is 0 Å². The highest BCUT2D eigenvalue weighted by atomic mass is 16.5. The van der Waals surface area contributed by atoms with Crippen LogP contribution in [0.4, 0.5) is 0 Å². The zero-order valence-electron chi connectivity index (χ0n) is 15.1. The summed E-state index contributed by atoms with van der Waals surface area (Å²) in [5.74, 6) is 0. The molecule has 0 atom stereocenters. The maximum atomic E-state index is 12.2. The fourth-order valence-electron chi connectivity index (χ4n) is 4.36. The maximum absolute atomic E-state index is 12.2. The molecule has 0 N–H and O–H groups in total. The van der Waals surface area contributed by atoms with Gasteiger partial charge in [-0.05, 0) is 44.0 Å². The highest BCUT2D eigenvalue weighted by molar-refractivity contribution is 6.24. The minimum absolute atomic E-state index is 0.0596. The van der Waals surface area contributed by atoms with Crippen molar-refractivity contribution >= 4 is 44.1 Å². The number of hydrogen-bond acceptors (Lipinski definition) is 1. The van der Waals surface area contributed by atoms with E-state index in [1.165, 1.54) is 37.9 Å². The molecule has 0 saturated heterocycles. The van der Waals surface area contributed by atoms with Gasteiger partial charge in [0.15, 0.2) is 12.3 Å². The van der Waals surface area contributed by atoms with Crippen molar-refractivity contribution < 1.29 is 4.74 Å². The molecule has 0 radical (unpaired) electrons. The topological polar surface area (TPSA) is 26.1 Å². The molecule has 1 heterocycles. The first-order valence-electron chi connectivity index (χ1n) is 9.17. The van der Waals surface area contributed by atoms with Crippen LogP contribution in [0.3, 0.4) is 0 Å². The van der Waals surface area contributed by atoms with E-state index in [4.69, 9.17) is 0 Å². The van der Waals surface area contributed by atoms with Crippen molar-refractivity contribution in [2.45, 2.75) is 20.3 Å². The highest BCUT2D eigenvalue weighted by Crippen LogP contribution is 2.36. The van der Waals surface area contributed by atoms with Crippen LogP contribution in [0.25, 0.3) is 38.4 Å². The number of rotatable bonds is 2. The van der Waals surface area contributed by atoms with Crippen LogP contribution in [0.5, 0.6) is 0 Å². The van der Waals surface area contributed by atoms with Crippen LogP contribution < -0.4 is 0 Å². The van der Waals surface area contributed by atoms with Gasteiger partial charge in [0.1, 0.15) is 0 Å². The Kier molecular flexibility index (Phi) is 3.14. The SMILES string of the molecule is CC1(C)CC(/C=C/c2ccc3ccc4cccc5ccc2c3c45)=[N+]([O-])C1. The summed E-state index contributed by atoms with van der Waals surface area (Å²) in [4.78, 5) is 0. The summed E-state index contributed by atoms with van der Waals surface area (Å²) in [5, 5.41) is 19.9. The predicted octanol–water partition coefficient (Wildman–Crippen LogP) is 5.98. The van der Waals surface area contributed by atoms with E-state index in [1.807, 2.05) is 6.08 Å². The van der Waals surface area contributed by atoms with E-state index >= 15 is 0 Å². The first-order valence-corrected chi connectivity index (χ1v) is 9.17. The molecule has 0 amide bonds. The van der Waals surface area contributed by atoms with Gasteiger partial charge in [0, 0.05) is 17.9 Å². The normalized spacial score (nSPS) is 17.5. The molecule has 4 aromatic rings. The first kappa shape index (κ1) is 15.4. The molecule has 0 bridgehead atoms. The van der Waals surface area contributed by atoms with Crippen LogP contribution >= 0.6 is 0 Å². The summed E-state index contributed by atoms with van der Waals surface area (Å²) < 4.78 is 1.15. The van der Waals surface area contributed by atoms with E-state index in [0.29, 0.717) is 6.54 Å². The van der Waals surface area contributed by atoms with Crippen molar-refractivity contribution in [2.75, 3.05) is 6.54 Å². The van der Waals surface area contributed by atoms with Gasteiger partial charge in [-0.15, -0.1) is 0 Å². The molecule has 0 unspecified atom stereocenters. The molecule has 2 heteroatoms. The van der Waals surface area contributed by atoms with Crippen LogP contribution in [-0.4, -0.2) is 17.0 Å². The summed E-state index contributed by atoms with van der Waals surface area (Å²) in [6, 6.07) is 19.6. The van der Waals surface area contributed by atoms with Crippen LogP contribution in [-0.2, 0) is 0 Å². The summed E-state index contributed by atoms with van der Waals surface area (Å²) >= 11 is 0. The lowest BCUT2D eigenvalue weighted by atomic mass is 9.89. The predicted molar refractivity (Wildman–Crippen MR) is 111 cm³/mol. The molecule has 26 heavy (non-hydrogen) atoms. The van der Waals surface area contributed by atoms with Crippen molar-refractivity contribution in [1.82, 2.24) is 0 Å². The summed E-state index contributed by atoms with van der Waals surface area (Å²) in [5.41, 5.74) is 2.10. The third-order valence-corrected chi connectivity index (χ3v) is 5.57. The fourth-order valence-corrected chi connectivity index (χ4v) is 4.36. The maximum Gasteiger partial charge on any atom is 0.187 e. The number of hydrogen-bond donors (Lipinski definition) is 0. The molecule has 0 saturated carbocycles. The number of nitrogens with zero attached hydrogens (tertiary/aromatic N) is 1. The number of hydroxylamine groups is 1. The van der Waals surface area contributed by atoms with E-state index < -0.39 is 0 Å². The quantitative estimate of drug-likeness (QED) is 0.251. The number of allylic oxidation sites excluding steroid dienone is 1. The standard InChI is InChI=1S/C24H21NO/c1-24(2)14-20(25(26)15-24)12-10-16-6-7-19-9-8-17-4-3-5-18-11-13-21(16)23(19)22(17)18/h3-13H,14-15H2,1-2H3/b12-10+. The summed E-state index contributed by atoms with van der Waals surface area (Å²) in [6.07, 6.45) is 4.94. The van der Waals surface area contributed by atoms with Gasteiger partial charge in [0.25, 0.3) is 0 Å². The Morgan fingerprint density at radius 2 is 1.50 bits per heavy atom. The Hall–Kier alpha value is -2.87. The van der Waals surface area contributed by atoms with E-state index in [2.05, 4.69) is 74.5 Å². The highest BCUT2D eigenvalue weighted by Gasteiger charge is 2.33. The molecular formula is C24H21NO. The van der Waals surface area contributed by atoms with Gasteiger partial charge in [-0.25, -0.2) is 4.74 Å². The minimum Gasteiger partial charge on any atom is -0.624 e. The van der Waals surface area contributed by atoms with Crippen LogP contribution in [0, 0.1) is 10.6 Å². The summed E-state index contributed by atoms with van der Waals surface area (Å²) in [6.45, 7) is 4.87. The minimum atomic E-state index is 0.0596. The molecule has 0 aliphatic carbocycles. The fraction of sp³-hybridized carbons (Fsp3) is 0.208. The van der Waals surface area contributed by atoms with Crippen LogP contribution in [0.2, 0.25) is 0 Å². The van der Waals surface area contributed by atoms with Crippen molar-refractivity contribution in [3.05, 3.63) is 71.4 Å². The van der Waals surface area contributed by atoms with Crippen molar-refractivity contribution in [3.8, 4) is 0 Å². The van der Waals surface area contributed by atoms with Gasteiger partial charge in [0.05, 0.1) is 0 Å². The average Bonchev–Trinajstić information content (AvgIpc) is 2.90. The lowest BCUT2D eigenvalue weighted by molar-refractivity contribution is -0.459. The van der Waals surface area contributed by atoms with Crippen LogP contribution in [0.1, 0.15) is 25.8 Å². The van der Waals surface area contributed by atoms with E-state index in [1.54, 1.807) is 0 Å². The third-order valence-electron chi connectivity index (χ3n) is 5.57. The van der Waals surface area contributed by atoms with Gasteiger partial charge < -0.3 is 5.21 Å².